The number of anilines is 1. The summed E-state index contributed by atoms with van der Waals surface area (Å²) in [6, 6.07) is 1.72. The fourth-order valence-electron chi connectivity index (χ4n) is 1.85. The molecule has 0 amide bonds. The van der Waals surface area contributed by atoms with E-state index < -0.39 is 10.0 Å². The summed E-state index contributed by atoms with van der Waals surface area (Å²) >= 11 is 0. The largest absolute Gasteiger partial charge is 0.472 e. The zero-order chi connectivity index (χ0) is 14.8. The Morgan fingerprint density at radius 3 is 2.85 bits per heavy atom. The summed E-state index contributed by atoms with van der Waals surface area (Å²) in [5, 5.41) is 4.02. The third-order valence-electron chi connectivity index (χ3n) is 2.88. The minimum atomic E-state index is -3.66. The maximum atomic E-state index is 12.5. The molecule has 110 valence electrons. The number of hydrogen-bond donors (Lipinski definition) is 1. The lowest BCUT2D eigenvalue weighted by molar-refractivity contribution is 0.463. The Morgan fingerprint density at radius 2 is 2.25 bits per heavy atom. The van der Waals surface area contributed by atoms with Crippen molar-refractivity contribution in [2.24, 2.45) is 0 Å². The summed E-state index contributed by atoms with van der Waals surface area (Å²) in [6.45, 7) is 2.83. The van der Waals surface area contributed by atoms with E-state index in [1.165, 1.54) is 30.1 Å². The summed E-state index contributed by atoms with van der Waals surface area (Å²) in [6.07, 6.45) is 5.34. The molecule has 8 heteroatoms. The van der Waals surface area contributed by atoms with Crippen molar-refractivity contribution in [3.05, 3.63) is 30.4 Å². The first-order valence-corrected chi connectivity index (χ1v) is 7.69. The zero-order valence-electron chi connectivity index (χ0n) is 11.5. The van der Waals surface area contributed by atoms with Gasteiger partial charge in [0.15, 0.2) is 5.82 Å². The van der Waals surface area contributed by atoms with Gasteiger partial charge in [0, 0.05) is 31.9 Å². The molecule has 0 aliphatic rings. The van der Waals surface area contributed by atoms with Crippen LogP contribution < -0.4 is 5.73 Å². The Bertz CT molecular complexity index is 661. The lowest BCUT2D eigenvalue weighted by Crippen LogP contribution is -2.26. The monoisotopic (exact) mass is 298 g/mol. The fraction of sp³-hybridized carbons (Fsp3) is 0.417. The van der Waals surface area contributed by atoms with E-state index in [0.717, 1.165) is 12.0 Å². The SMILES string of the molecule is CCCn1cc(S(=O)(=O)N(C)Cc2ccoc2)c(N)n1. The Hall–Kier alpha value is -1.80. The van der Waals surface area contributed by atoms with Crippen molar-refractivity contribution in [2.75, 3.05) is 12.8 Å². The predicted octanol–water partition coefficient (Wildman–Crippen LogP) is 1.29. The maximum Gasteiger partial charge on any atom is 0.248 e. The van der Waals surface area contributed by atoms with Gasteiger partial charge in [-0.15, -0.1) is 0 Å². The van der Waals surface area contributed by atoms with E-state index in [-0.39, 0.29) is 17.3 Å². The third kappa shape index (κ3) is 2.86. The highest BCUT2D eigenvalue weighted by Gasteiger charge is 2.26. The van der Waals surface area contributed by atoms with Crippen LogP contribution in [0.15, 0.2) is 34.1 Å². The first-order valence-electron chi connectivity index (χ1n) is 6.25. The highest BCUT2D eigenvalue weighted by Crippen LogP contribution is 2.21. The summed E-state index contributed by atoms with van der Waals surface area (Å²) in [5.74, 6) is 0.0255. The number of nitrogens with two attached hydrogens (primary N) is 1. The number of nitrogens with zero attached hydrogens (tertiary/aromatic N) is 3. The minimum absolute atomic E-state index is 0.0255. The van der Waals surface area contributed by atoms with Crippen LogP contribution in [0.5, 0.6) is 0 Å². The smallest absolute Gasteiger partial charge is 0.248 e. The molecule has 2 N–H and O–H groups in total. The molecule has 0 spiro atoms. The van der Waals surface area contributed by atoms with Crippen molar-refractivity contribution in [1.29, 1.82) is 0 Å². The van der Waals surface area contributed by atoms with Gasteiger partial charge in [-0.1, -0.05) is 6.92 Å². The van der Waals surface area contributed by atoms with Crippen LogP contribution in [-0.2, 0) is 23.1 Å². The third-order valence-corrected chi connectivity index (χ3v) is 4.70. The van der Waals surface area contributed by atoms with Crippen LogP contribution in [0.1, 0.15) is 18.9 Å². The quantitative estimate of drug-likeness (QED) is 0.867. The second kappa shape index (κ2) is 5.68. The van der Waals surface area contributed by atoms with Gasteiger partial charge >= 0.3 is 0 Å². The van der Waals surface area contributed by atoms with E-state index in [4.69, 9.17) is 10.2 Å². The number of aromatic nitrogens is 2. The molecule has 0 fully saturated rings. The van der Waals surface area contributed by atoms with E-state index in [1.54, 1.807) is 10.7 Å². The molecule has 0 bridgehead atoms. The van der Waals surface area contributed by atoms with Crippen molar-refractivity contribution in [2.45, 2.75) is 31.3 Å². The number of aryl methyl sites for hydroxylation is 1. The average Bonchev–Trinajstić information content (AvgIpc) is 2.99. The van der Waals surface area contributed by atoms with E-state index in [1.807, 2.05) is 6.92 Å². The fourth-order valence-corrected chi connectivity index (χ4v) is 3.07. The first kappa shape index (κ1) is 14.6. The molecule has 20 heavy (non-hydrogen) atoms. The van der Waals surface area contributed by atoms with Gasteiger partial charge < -0.3 is 10.2 Å². The molecule has 2 rings (SSSR count). The van der Waals surface area contributed by atoms with Crippen LogP contribution in [0, 0.1) is 0 Å². The van der Waals surface area contributed by atoms with Gasteiger partial charge in [-0.3, -0.25) is 4.68 Å². The van der Waals surface area contributed by atoms with Crippen LogP contribution in [0.25, 0.3) is 0 Å². The normalized spacial score (nSPS) is 12.2. The van der Waals surface area contributed by atoms with Gasteiger partial charge in [0.1, 0.15) is 4.90 Å². The van der Waals surface area contributed by atoms with Crippen molar-refractivity contribution in [3.63, 3.8) is 0 Å². The van der Waals surface area contributed by atoms with Crippen LogP contribution in [-0.4, -0.2) is 29.6 Å². The highest BCUT2D eigenvalue weighted by atomic mass is 32.2. The molecule has 2 aromatic heterocycles. The number of furan rings is 1. The summed E-state index contributed by atoms with van der Waals surface area (Å²) < 4.78 is 32.6. The van der Waals surface area contributed by atoms with Crippen molar-refractivity contribution >= 4 is 15.8 Å². The van der Waals surface area contributed by atoms with Crippen molar-refractivity contribution in [3.8, 4) is 0 Å². The molecular formula is C12H18N4O3S. The zero-order valence-corrected chi connectivity index (χ0v) is 12.3. The minimum Gasteiger partial charge on any atom is -0.472 e. The highest BCUT2D eigenvalue weighted by molar-refractivity contribution is 7.89. The summed E-state index contributed by atoms with van der Waals surface area (Å²) in [4.78, 5) is 0.0388. The number of nitrogen functional groups attached to an aromatic ring is 1. The molecular weight excluding hydrogens is 280 g/mol. The lowest BCUT2D eigenvalue weighted by atomic mass is 10.3. The van der Waals surface area contributed by atoms with Gasteiger partial charge in [-0.2, -0.15) is 9.40 Å². The molecule has 0 saturated carbocycles. The molecule has 0 saturated heterocycles. The van der Waals surface area contributed by atoms with Gasteiger partial charge in [0.05, 0.1) is 12.5 Å². The standard InChI is InChI=1S/C12H18N4O3S/c1-3-5-16-8-11(12(13)14-16)20(17,18)15(2)7-10-4-6-19-9-10/h4,6,8-9H,3,5,7H2,1-2H3,(H2,13,14). The Balaban J connectivity index is 2.25. The van der Waals surface area contributed by atoms with Gasteiger partial charge in [0.2, 0.25) is 10.0 Å². The van der Waals surface area contributed by atoms with E-state index in [9.17, 15) is 8.42 Å². The molecule has 7 nitrogen and oxygen atoms in total. The Kier molecular flexibility index (Phi) is 4.15. The molecule has 0 aromatic carbocycles. The van der Waals surface area contributed by atoms with E-state index in [2.05, 4.69) is 5.10 Å². The molecule has 0 atom stereocenters. The molecule has 0 aliphatic heterocycles. The molecule has 0 radical (unpaired) electrons. The van der Waals surface area contributed by atoms with Crippen LogP contribution in [0.2, 0.25) is 0 Å². The Morgan fingerprint density at radius 1 is 1.50 bits per heavy atom. The molecule has 0 unspecified atom stereocenters. The second-order valence-corrected chi connectivity index (χ2v) is 6.55. The molecule has 2 heterocycles. The van der Waals surface area contributed by atoms with Crippen LogP contribution in [0.3, 0.4) is 0 Å². The lowest BCUT2D eigenvalue weighted by Gasteiger charge is -2.15. The van der Waals surface area contributed by atoms with Crippen molar-refractivity contribution in [1.82, 2.24) is 14.1 Å². The predicted molar refractivity (Wildman–Crippen MR) is 74.3 cm³/mol. The van der Waals surface area contributed by atoms with Crippen LogP contribution >= 0.6 is 0 Å². The number of rotatable bonds is 6. The molecule has 0 aliphatic carbocycles. The summed E-state index contributed by atoms with van der Waals surface area (Å²) in [7, 11) is -2.16. The van der Waals surface area contributed by atoms with E-state index in [0.29, 0.717) is 6.54 Å². The maximum absolute atomic E-state index is 12.5. The van der Waals surface area contributed by atoms with Gasteiger partial charge in [0.25, 0.3) is 0 Å². The number of hydrogen-bond acceptors (Lipinski definition) is 5. The van der Waals surface area contributed by atoms with Gasteiger partial charge in [-0.05, 0) is 12.5 Å². The van der Waals surface area contributed by atoms with Crippen molar-refractivity contribution < 1.29 is 12.8 Å². The first-order chi connectivity index (χ1) is 9.45. The topological polar surface area (TPSA) is 94.4 Å². The van der Waals surface area contributed by atoms with Crippen LogP contribution in [0.4, 0.5) is 5.82 Å². The van der Waals surface area contributed by atoms with Gasteiger partial charge in [-0.25, -0.2) is 8.42 Å². The molecule has 2 aromatic rings. The summed E-state index contributed by atoms with van der Waals surface area (Å²) in [5.41, 5.74) is 6.49. The average molecular weight is 298 g/mol. The Labute approximate surface area is 118 Å². The number of sulfonamides is 1. The second-order valence-electron chi connectivity index (χ2n) is 4.53. The van der Waals surface area contributed by atoms with E-state index >= 15 is 0 Å².